The van der Waals surface area contributed by atoms with Crippen LogP contribution in [0.4, 0.5) is 0 Å². The molecule has 2 rings (SSSR count). The van der Waals surface area contributed by atoms with Crippen LogP contribution in [-0.4, -0.2) is 57.8 Å². The van der Waals surface area contributed by atoms with Crippen LogP contribution in [0, 0.1) is 0 Å². The predicted octanol–water partition coefficient (Wildman–Crippen LogP) is -0.530. The summed E-state index contributed by atoms with van der Waals surface area (Å²) in [7, 11) is 0. The third kappa shape index (κ3) is 6.53. The lowest BCUT2D eigenvalue weighted by molar-refractivity contribution is -0.147. The van der Waals surface area contributed by atoms with Crippen LogP contribution in [0.15, 0.2) is 30.3 Å². The number of carbonyl (C=O) groups is 1. The molecular weight excluding hydrogens is 280 g/mol. The van der Waals surface area contributed by atoms with Gasteiger partial charge in [-0.3, -0.25) is 4.79 Å². The molecule has 0 radical (unpaired) electrons. The van der Waals surface area contributed by atoms with E-state index in [9.17, 15) is 4.79 Å². The first-order valence-corrected chi connectivity index (χ1v) is 7.92. The Morgan fingerprint density at radius 3 is 2.32 bits per heavy atom. The minimum absolute atomic E-state index is 0.207. The van der Waals surface area contributed by atoms with Crippen LogP contribution in [0.2, 0.25) is 0 Å². The first-order chi connectivity index (χ1) is 10.9. The molecule has 1 saturated heterocycles. The summed E-state index contributed by atoms with van der Waals surface area (Å²) in [5.74, 6) is -0.207. The maximum absolute atomic E-state index is 12.2. The highest BCUT2D eigenvalue weighted by molar-refractivity contribution is 5.76. The summed E-state index contributed by atoms with van der Waals surface area (Å²) in [5, 5.41) is 13.2. The fraction of sp³-hybridized carbons (Fsp3) is 0.562. The van der Waals surface area contributed by atoms with Gasteiger partial charge in [0.2, 0.25) is 0 Å². The maximum atomic E-state index is 12.2. The van der Waals surface area contributed by atoms with E-state index >= 15 is 0 Å². The fourth-order valence-electron chi connectivity index (χ4n) is 2.25. The number of nitrogens with one attached hydrogen (secondary N) is 4. The third-order valence-electron chi connectivity index (χ3n) is 3.51. The van der Waals surface area contributed by atoms with E-state index in [1.165, 1.54) is 0 Å². The number of hydrogen-bond donors (Lipinski definition) is 4. The summed E-state index contributed by atoms with van der Waals surface area (Å²) in [6.45, 7) is 6.11. The molecule has 0 bridgehead atoms. The number of hydrogen-bond acceptors (Lipinski definition) is 6. The molecule has 1 fully saturated rings. The van der Waals surface area contributed by atoms with Gasteiger partial charge in [0.05, 0.1) is 0 Å². The normalized spacial score (nSPS) is 21.4. The molecule has 0 aliphatic carbocycles. The Hall–Kier alpha value is -1.47. The molecule has 1 aliphatic rings. The molecule has 0 spiro atoms. The Labute approximate surface area is 132 Å². The van der Waals surface area contributed by atoms with Crippen LogP contribution in [-0.2, 0) is 16.1 Å². The summed E-state index contributed by atoms with van der Waals surface area (Å²) in [5.41, 5.74) is 1.00. The van der Waals surface area contributed by atoms with Gasteiger partial charge in [-0.15, -0.1) is 0 Å². The second-order valence-corrected chi connectivity index (χ2v) is 5.30. The number of esters is 1. The first kappa shape index (κ1) is 16.9. The van der Waals surface area contributed by atoms with Gasteiger partial charge in [-0.1, -0.05) is 30.3 Å². The molecule has 0 saturated carbocycles. The summed E-state index contributed by atoms with van der Waals surface area (Å²) < 4.78 is 5.41. The van der Waals surface area contributed by atoms with E-state index in [0.717, 1.165) is 44.8 Å². The largest absolute Gasteiger partial charge is 0.460 e. The van der Waals surface area contributed by atoms with Crippen LogP contribution in [0.1, 0.15) is 5.56 Å². The Kier molecular flexibility index (Phi) is 7.90. The Morgan fingerprint density at radius 2 is 1.59 bits per heavy atom. The summed E-state index contributed by atoms with van der Waals surface area (Å²) in [6.07, 6.45) is 0. The average Bonchev–Trinajstić information content (AvgIpc) is 2.54. The fourth-order valence-corrected chi connectivity index (χ4v) is 2.25. The van der Waals surface area contributed by atoms with E-state index in [4.69, 9.17) is 4.74 Å². The molecule has 1 aromatic carbocycles. The molecule has 1 unspecified atom stereocenters. The van der Waals surface area contributed by atoms with Crippen molar-refractivity contribution in [3.05, 3.63) is 35.9 Å². The van der Waals surface area contributed by atoms with E-state index < -0.39 is 0 Å². The van der Waals surface area contributed by atoms with Crippen molar-refractivity contribution in [2.75, 3.05) is 45.8 Å². The van der Waals surface area contributed by atoms with Crippen molar-refractivity contribution >= 4 is 5.97 Å². The standard InChI is InChI=1S/C16H26N4O2/c21-16(22-13-14-4-2-1-3-5-14)15-12-19-9-8-17-6-7-18-10-11-20-15/h1-5,15,17-20H,6-13H2. The van der Waals surface area contributed by atoms with Gasteiger partial charge in [0.1, 0.15) is 12.6 Å². The molecule has 1 atom stereocenters. The Morgan fingerprint density at radius 1 is 0.955 bits per heavy atom. The zero-order chi connectivity index (χ0) is 15.5. The SMILES string of the molecule is O=C(OCc1ccccc1)C1CNCCNCCNCCN1. The van der Waals surface area contributed by atoms with Crippen LogP contribution in [0.25, 0.3) is 0 Å². The van der Waals surface area contributed by atoms with Crippen molar-refractivity contribution in [3.8, 4) is 0 Å². The summed E-state index contributed by atoms with van der Waals surface area (Å²) >= 11 is 0. The van der Waals surface area contributed by atoms with E-state index in [1.54, 1.807) is 0 Å². The third-order valence-corrected chi connectivity index (χ3v) is 3.51. The second kappa shape index (κ2) is 10.3. The average molecular weight is 306 g/mol. The van der Waals surface area contributed by atoms with E-state index in [-0.39, 0.29) is 12.0 Å². The molecule has 1 aromatic rings. The van der Waals surface area contributed by atoms with Crippen molar-refractivity contribution in [3.63, 3.8) is 0 Å². The lowest BCUT2D eigenvalue weighted by Crippen LogP contribution is -2.49. The van der Waals surface area contributed by atoms with Gasteiger partial charge in [0.15, 0.2) is 0 Å². The molecule has 6 nitrogen and oxygen atoms in total. The summed E-state index contributed by atoms with van der Waals surface area (Å²) in [4.78, 5) is 12.2. The maximum Gasteiger partial charge on any atom is 0.324 e. The van der Waals surface area contributed by atoms with Gasteiger partial charge in [-0.25, -0.2) is 0 Å². The number of rotatable bonds is 3. The molecule has 1 heterocycles. The van der Waals surface area contributed by atoms with Crippen LogP contribution >= 0.6 is 0 Å². The number of benzene rings is 1. The molecular formula is C16H26N4O2. The second-order valence-electron chi connectivity index (χ2n) is 5.30. The molecule has 0 aromatic heterocycles. The quantitative estimate of drug-likeness (QED) is 0.563. The molecule has 0 amide bonds. The van der Waals surface area contributed by atoms with Crippen molar-refractivity contribution < 1.29 is 9.53 Å². The van der Waals surface area contributed by atoms with Crippen LogP contribution in [0.5, 0.6) is 0 Å². The number of carbonyl (C=O) groups excluding carboxylic acids is 1. The highest BCUT2D eigenvalue weighted by Crippen LogP contribution is 2.01. The Balaban J connectivity index is 1.78. The number of ether oxygens (including phenoxy) is 1. The lowest BCUT2D eigenvalue weighted by Gasteiger charge is -2.19. The van der Waals surface area contributed by atoms with Gasteiger partial charge >= 0.3 is 5.97 Å². The highest BCUT2D eigenvalue weighted by atomic mass is 16.5. The molecule has 122 valence electrons. The molecule has 6 heteroatoms. The zero-order valence-corrected chi connectivity index (χ0v) is 12.9. The molecule has 4 N–H and O–H groups in total. The van der Waals surface area contributed by atoms with Crippen molar-refractivity contribution in [2.24, 2.45) is 0 Å². The van der Waals surface area contributed by atoms with E-state index in [1.807, 2.05) is 30.3 Å². The van der Waals surface area contributed by atoms with E-state index in [0.29, 0.717) is 13.2 Å². The van der Waals surface area contributed by atoms with Gasteiger partial charge < -0.3 is 26.0 Å². The van der Waals surface area contributed by atoms with Gasteiger partial charge in [-0.05, 0) is 5.56 Å². The molecule has 1 aliphatic heterocycles. The van der Waals surface area contributed by atoms with Gasteiger partial charge in [0, 0.05) is 45.8 Å². The molecule has 22 heavy (non-hydrogen) atoms. The first-order valence-electron chi connectivity index (χ1n) is 7.92. The van der Waals surface area contributed by atoms with Crippen LogP contribution < -0.4 is 21.3 Å². The Bertz CT molecular complexity index is 415. The minimum atomic E-state index is -0.315. The lowest BCUT2D eigenvalue weighted by atomic mass is 10.2. The van der Waals surface area contributed by atoms with Crippen molar-refractivity contribution in [1.29, 1.82) is 0 Å². The zero-order valence-electron chi connectivity index (χ0n) is 12.9. The van der Waals surface area contributed by atoms with Crippen molar-refractivity contribution in [1.82, 2.24) is 21.3 Å². The summed E-state index contributed by atoms with van der Waals surface area (Å²) in [6, 6.07) is 9.43. The van der Waals surface area contributed by atoms with Crippen molar-refractivity contribution in [2.45, 2.75) is 12.6 Å². The van der Waals surface area contributed by atoms with E-state index in [2.05, 4.69) is 21.3 Å². The van der Waals surface area contributed by atoms with Gasteiger partial charge in [-0.2, -0.15) is 0 Å². The smallest absolute Gasteiger partial charge is 0.324 e. The monoisotopic (exact) mass is 306 g/mol. The highest BCUT2D eigenvalue weighted by Gasteiger charge is 2.19. The topological polar surface area (TPSA) is 74.4 Å². The minimum Gasteiger partial charge on any atom is -0.460 e. The van der Waals surface area contributed by atoms with Gasteiger partial charge in [0.25, 0.3) is 0 Å². The predicted molar refractivity (Wildman–Crippen MR) is 86.6 cm³/mol. The van der Waals surface area contributed by atoms with Crippen LogP contribution in [0.3, 0.4) is 0 Å².